The highest BCUT2D eigenvalue weighted by molar-refractivity contribution is 8.00. The molecule has 0 radical (unpaired) electrons. The Hall–Kier alpha value is -0.380. The Morgan fingerprint density at radius 1 is 1.47 bits per heavy atom. The molecule has 0 aromatic heterocycles. The van der Waals surface area contributed by atoms with E-state index in [1.807, 2.05) is 11.8 Å². The van der Waals surface area contributed by atoms with Crippen LogP contribution in [0.1, 0.15) is 6.92 Å². The quantitative estimate of drug-likeness (QED) is 0.866. The minimum atomic E-state index is 0. The maximum absolute atomic E-state index is 5.61. The Morgan fingerprint density at radius 2 is 2.20 bits per heavy atom. The Bertz CT molecular complexity index is 319. The molecule has 4 heteroatoms. The Morgan fingerprint density at radius 3 is 2.93 bits per heavy atom. The molecule has 2 rings (SSSR count). The third kappa shape index (κ3) is 2.80. The van der Waals surface area contributed by atoms with E-state index in [4.69, 9.17) is 5.73 Å². The van der Waals surface area contributed by atoms with E-state index in [2.05, 4.69) is 36.1 Å². The summed E-state index contributed by atoms with van der Waals surface area (Å²) in [6.45, 7) is 5.07. The monoisotopic (exact) mass is 244 g/mol. The third-order valence-corrected chi connectivity index (χ3v) is 3.56. The first kappa shape index (κ1) is 12.7. The van der Waals surface area contributed by atoms with E-state index in [1.165, 1.54) is 10.6 Å². The zero-order valence-corrected chi connectivity index (χ0v) is 10.5. The summed E-state index contributed by atoms with van der Waals surface area (Å²) in [6.07, 6.45) is 0. The van der Waals surface area contributed by atoms with E-state index < -0.39 is 0 Å². The summed E-state index contributed by atoms with van der Waals surface area (Å²) >= 11 is 1.96. The highest BCUT2D eigenvalue weighted by Crippen LogP contribution is 2.37. The lowest BCUT2D eigenvalue weighted by molar-refractivity contribution is 0.753. The molecule has 84 valence electrons. The van der Waals surface area contributed by atoms with Crippen LogP contribution in [0.25, 0.3) is 0 Å². The molecular formula is C11H17ClN2S. The number of anilines is 1. The van der Waals surface area contributed by atoms with Crippen molar-refractivity contribution < 1.29 is 0 Å². The fraction of sp³-hybridized carbons (Fsp3) is 0.455. The van der Waals surface area contributed by atoms with Gasteiger partial charge in [0.25, 0.3) is 0 Å². The smallest absolute Gasteiger partial charge is 0.0505 e. The maximum atomic E-state index is 5.61. The summed E-state index contributed by atoms with van der Waals surface area (Å²) < 4.78 is 0. The number of para-hydroxylation sites is 1. The molecule has 0 spiro atoms. The predicted octanol–water partition coefficient (Wildman–Crippen LogP) is 2.37. The van der Waals surface area contributed by atoms with Gasteiger partial charge in [-0.15, -0.1) is 24.2 Å². The largest absolute Gasteiger partial charge is 0.368 e. The van der Waals surface area contributed by atoms with Crippen LogP contribution in [-0.2, 0) is 0 Å². The Balaban J connectivity index is 0.00000112. The van der Waals surface area contributed by atoms with Crippen molar-refractivity contribution in [3.8, 4) is 0 Å². The van der Waals surface area contributed by atoms with Crippen LogP contribution in [0, 0.1) is 0 Å². The van der Waals surface area contributed by atoms with Crippen LogP contribution in [0.5, 0.6) is 0 Å². The second-order valence-electron chi connectivity index (χ2n) is 3.63. The lowest BCUT2D eigenvalue weighted by Gasteiger charge is -2.33. The van der Waals surface area contributed by atoms with E-state index in [0.717, 1.165) is 19.6 Å². The van der Waals surface area contributed by atoms with Crippen LogP contribution in [-0.4, -0.2) is 24.9 Å². The molecule has 1 aromatic rings. The first-order valence-electron chi connectivity index (χ1n) is 5.02. The van der Waals surface area contributed by atoms with Gasteiger partial charge >= 0.3 is 0 Å². The second-order valence-corrected chi connectivity index (χ2v) is 5.11. The van der Waals surface area contributed by atoms with Crippen molar-refractivity contribution in [2.75, 3.05) is 24.5 Å². The molecule has 1 aliphatic heterocycles. The summed E-state index contributed by atoms with van der Waals surface area (Å²) in [5.41, 5.74) is 6.96. The van der Waals surface area contributed by atoms with Crippen molar-refractivity contribution in [1.29, 1.82) is 0 Å². The topological polar surface area (TPSA) is 29.3 Å². The van der Waals surface area contributed by atoms with Crippen LogP contribution in [0.2, 0.25) is 0 Å². The fourth-order valence-corrected chi connectivity index (χ4v) is 3.01. The van der Waals surface area contributed by atoms with E-state index in [0.29, 0.717) is 5.25 Å². The number of halogens is 1. The van der Waals surface area contributed by atoms with Crippen molar-refractivity contribution in [1.82, 2.24) is 0 Å². The summed E-state index contributed by atoms with van der Waals surface area (Å²) in [5, 5.41) is 0.663. The molecule has 1 atom stereocenters. The lowest BCUT2D eigenvalue weighted by Crippen LogP contribution is -2.36. The van der Waals surface area contributed by atoms with Gasteiger partial charge in [0.1, 0.15) is 0 Å². The molecule has 1 heterocycles. The van der Waals surface area contributed by atoms with Gasteiger partial charge in [-0.1, -0.05) is 19.1 Å². The average Bonchev–Trinajstić information content (AvgIpc) is 2.18. The third-order valence-electron chi connectivity index (χ3n) is 2.41. The SMILES string of the molecule is CC1CN(CCN)c2ccccc2S1.Cl. The molecule has 0 aliphatic carbocycles. The van der Waals surface area contributed by atoms with Crippen LogP contribution in [0.3, 0.4) is 0 Å². The van der Waals surface area contributed by atoms with Gasteiger partial charge in [0, 0.05) is 29.8 Å². The Labute approximate surface area is 102 Å². The number of nitrogens with two attached hydrogens (primary N) is 1. The number of nitrogens with zero attached hydrogens (tertiary/aromatic N) is 1. The number of benzene rings is 1. The number of fused-ring (bicyclic) bond motifs is 1. The maximum Gasteiger partial charge on any atom is 0.0505 e. The van der Waals surface area contributed by atoms with Gasteiger partial charge in [-0.25, -0.2) is 0 Å². The molecule has 2 N–H and O–H groups in total. The van der Waals surface area contributed by atoms with Crippen molar-refractivity contribution in [3.63, 3.8) is 0 Å². The minimum Gasteiger partial charge on any atom is -0.368 e. The molecule has 15 heavy (non-hydrogen) atoms. The number of hydrogen-bond acceptors (Lipinski definition) is 3. The Kier molecular flexibility index (Phi) is 4.77. The van der Waals surface area contributed by atoms with Crippen molar-refractivity contribution in [3.05, 3.63) is 24.3 Å². The van der Waals surface area contributed by atoms with Crippen LogP contribution >= 0.6 is 24.2 Å². The zero-order valence-electron chi connectivity index (χ0n) is 8.85. The van der Waals surface area contributed by atoms with E-state index in [9.17, 15) is 0 Å². The van der Waals surface area contributed by atoms with Gasteiger partial charge in [0.2, 0.25) is 0 Å². The van der Waals surface area contributed by atoms with Gasteiger partial charge < -0.3 is 10.6 Å². The molecule has 2 nitrogen and oxygen atoms in total. The number of rotatable bonds is 2. The normalized spacial score (nSPS) is 19.3. The molecular weight excluding hydrogens is 228 g/mol. The zero-order chi connectivity index (χ0) is 9.97. The molecule has 0 fully saturated rings. The molecule has 0 saturated heterocycles. The van der Waals surface area contributed by atoms with E-state index in [1.54, 1.807) is 0 Å². The highest BCUT2D eigenvalue weighted by atomic mass is 35.5. The van der Waals surface area contributed by atoms with Gasteiger partial charge in [-0.2, -0.15) is 0 Å². The minimum absolute atomic E-state index is 0. The molecule has 1 aliphatic rings. The summed E-state index contributed by atoms with van der Waals surface area (Å²) in [4.78, 5) is 3.77. The lowest BCUT2D eigenvalue weighted by atomic mass is 10.2. The predicted molar refractivity (Wildman–Crippen MR) is 70.3 cm³/mol. The molecule has 0 bridgehead atoms. The van der Waals surface area contributed by atoms with Gasteiger partial charge in [-0.05, 0) is 12.1 Å². The first-order valence-corrected chi connectivity index (χ1v) is 5.90. The summed E-state index contributed by atoms with van der Waals surface area (Å²) in [5.74, 6) is 0. The number of thioether (sulfide) groups is 1. The molecule has 1 aromatic carbocycles. The fourth-order valence-electron chi connectivity index (χ4n) is 1.85. The highest BCUT2D eigenvalue weighted by Gasteiger charge is 2.20. The number of hydrogen-bond donors (Lipinski definition) is 1. The first-order chi connectivity index (χ1) is 6.81. The van der Waals surface area contributed by atoms with Gasteiger partial charge in [-0.3, -0.25) is 0 Å². The second kappa shape index (κ2) is 5.64. The van der Waals surface area contributed by atoms with E-state index >= 15 is 0 Å². The summed E-state index contributed by atoms with van der Waals surface area (Å²) in [6, 6.07) is 8.58. The van der Waals surface area contributed by atoms with Crippen molar-refractivity contribution in [2.45, 2.75) is 17.1 Å². The van der Waals surface area contributed by atoms with Crippen LogP contribution in [0.15, 0.2) is 29.2 Å². The van der Waals surface area contributed by atoms with Crippen molar-refractivity contribution >= 4 is 29.9 Å². The van der Waals surface area contributed by atoms with Gasteiger partial charge in [0.05, 0.1) is 5.69 Å². The molecule has 0 amide bonds. The van der Waals surface area contributed by atoms with Crippen molar-refractivity contribution in [2.24, 2.45) is 5.73 Å². The molecule has 1 unspecified atom stereocenters. The molecule has 0 saturated carbocycles. The standard InChI is InChI=1S/C11H16N2S.ClH/c1-9-8-13(7-6-12)10-4-2-3-5-11(10)14-9;/h2-5,9H,6-8,12H2,1H3;1H. The summed E-state index contributed by atoms with van der Waals surface area (Å²) in [7, 11) is 0. The van der Waals surface area contributed by atoms with Crippen LogP contribution < -0.4 is 10.6 Å². The van der Waals surface area contributed by atoms with E-state index in [-0.39, 0.29) is 12.4 Å². The average molecular weight is 245 g/mol. The van der Waals surface area contributed by atoms with Crippen LogP contribution in [0.4, 0.5) is 5.69 Å². The van der Waals surface area contributed by atoms with Gasteiger partial charge in [0.15, 0.2) is 0 Å².